The van der Waals surface area contributed by atoms with E-state index >= 15 is 0 Å². The lowest BCUT2D eigenvalue weighted by molar-refractivity contribution is -0.121. The second kappa shape index (κ2) is 5.12. The maximum absolute atomic E-state index is 11.6. The lowest BCUT2D eigenvalue weighted by Gasteiger charge is -2.09. The van der Waals surface area contributed by atoms with Gasteiger partial charge >= 0.3 is 0 Å². The number of hydrogen-bond acceptors (Lipinski definition) is 3. The van der Waals surface area contributed by atoms with Gasteiger partial charge in [0.05, 0.1) is 6.20 Å². The predicted molar refractivity (Wildman–Crippen MR) is 60.8 cm³/mol. The molecule has 1 atom stereocenters. The Balaban J connectivity index is 1.73. The van der Waals surface area contributed by atoms with Crippen molar-refractivity contribution < 1.29 is 4.79 Å². The largest absolute Gasteiger partial charge is 0.352 e. The van der Waals surface area contributed by atoms with Crippen LogP contribution in [-0.2, 0) is 11.3 Å². The Hall–Kier alpha value is -1.36. The van der Waals surface area contributed by atoms with Gasteiger partial charge in [0, 0.05) is 30.3 Å². The summed E-state index contributed by atoms with van der Waals surface area (Å²) in [5.74, 6) is 0.111. The van der Waals surface area contributed by atoms with Crippen molar-refractivity contribution >= 4 is 5.91 Å². The van der Waals surface area contributed by atoms with Gasteiger partial charge in [0.25, 0.3) is 0 Å². The number of carbonyl (C=O) groups excluding carboxylic acids is 1. The van der Waals surface area contributed by atoms with Gasteiger partial charge in [0.2, 0.25) is 5.91 Å². The molecule has 1 aliphatic heterocycles. The molecule has 1 aromatic rings. The van der Waals surface area contributed by atoms with Gasteiger partial charge in [0.15, 0.2) is 0 Å². The minimum atomic E-state index is 0.111. The molecular weight excluding hydrogens is 204 g/mol. The first-order valence-corrected chi connectivity index (χ1v) is 5.74. The van der Waals surface area contributed by atoms with Gasteiger partial charge in [-0.05, 0) is 26.3 Å². The van der Waals surface area contributed by atoms with Crippen molar-refractivity contribution in [2.24, 2.45) is 0 Å². The molecule has 1 amide bonds. The molecule has 0 aromatic carbocycles. The number of rotatable bonds is 4. The second-order valence-corrected chi connectivity index (χ2v) is 4.29. The van der Waals surface area contributed by atoms with E-state index in [0.29, 0.717) is 19.0 Å². The minimum absolute atomic E-state index is 0.111. The molecule has 3 N–H and O–H groups in total. The maximum atomic E-state index is 11.6. The third-order valence-electron chi connectivity index (χ3n) is 3.00. The number of carbonyl (C=O) groups is 1. The zero-order valence-corrected chi connectivity index (χ0v) is 9.55. The van der Waals surface area contributed by atoms with E-state index < -0.39 is 0 Å². The molecule has 1 unspecified atom stereocenters. The summed E-state index contributed by atoms with van der Waals surface area (Å²) in [5.41, 5.74) is 2.06. The predicted octanol–water partition coefficient (Wildman–Crippen LogP) is 0.476. The van der Waals surface area contributed by atoms with Gasteiger partial charge in [-0.3, -0.25) is 9.89 Å². The van der Waals surface area contributed by atoms with E-state index in [4.69, 9.17) is 0 Å². The summed E-state index contributed by atoms with van der Waals surface area (Å²) in [4.78, 5) is 11.6. The van der Waals surface area contributed by atoms with Crippen molar-refractivity contribution in [3.05, 3.63) is 17.5 Å². The SMILES string of the molecule is Cc1[nH]ncc1CNC(=O)CC1CCCN1. The highest BCUT2D eigenvalue weighted by Gasteiger charge is 2.17. The number of nitrogens with zero attached hydrogens (tertiary/aromatic N) is 1. The van der Waals surface area contributed by atoms with Gasteiger partial charge in [-0.1, -0.05) is 0 Å². The van der Waals surface area contributed by atoms with Gasteiger partial charge in [-0.25, -0.2) is 0 Å². The Morgan fingerprint density at radius 2 is 2.56 bits per heavy atom. The first kappa shape index (κ1) is 11.1. The molecule has 5 heteroatoms. The Morgan fingerprint density at radius 3 is 3.19 bits per heavy atom. The first-order valence-electron chi connectivity index (χ1n) is 5.74. The average molecular weight is 222 g/mol. The lowest BCUT2D eigenvalue weighted by Crippen LogP contribution is -2.31. The number of H-pyrrole nitrogens is 1. The van der Waals surface area contributed by atoms with Crippen LogP contribution in [0.4, 0.5) is 0 Å². The molecule has 0 radical (unpaired) electrons. The van der Waals surface area contributed by atoms with Crippen molar-refractivity contribution in [3.8, 4) is 0 Å². The Kier molecular flexibility index (Phi) is 3.56. The molecule has 0 spiro atoms. The summed E-state index contributed by atoms with van der Waals surface area (Å²) < 4.78 is 0. The smallest absolute Gasteiger partial charge is 0.221 e. The van der Waals surface area contributed by atoms with Crippen molar-refractivity contribution in [3.63, 3.8) is 0 Å². The number of aromatic nitrogens is 2. The van der Waals surface area contributed by atoms with E-state index in [1.165, 1.54) is 6.42 Å². The van der Waals surface area contributed by atoms with E-state index in [1.54, 1.807) is 6.20 Å². The fraction of sp³-hybridized carbons (Fsp3) is 0.636. The zero-order chi connectivity index (χ0) is 11.4. The van der Waals surface area contributed by atoms with Gasteiger partial charge < -0.3 is 10.6 Å². The average Bonchev–Trinajstić information content (AvgIpc) is 2.87. The number of aryl methyl sites for hydroxylation is 1. The maximum Gasteiger partial charge on any atom is 0.221 e. The molecule has 1 aliphatic rings. The fourth-order valence-corrected chi connectivity index (χ4v) is 1.97. The number of amides is 1. The van der Waals surface area contributed by atoms with E-state index in [0.717, 1.165) is 24.2 Å². The molecule has 2 rings (SSSR count). The molecule has 88 valence electrons. The van der Waals surface area contributed by atoms with Crippen LogP contribution in [0.15, 0.2) is 6.20 Å². The van der Waals surface area contributed by atoms with Crippen LogP contribution < -0.4 is 10.6 Å². The van der Waals surface area contributed by atoms with E-state index in [9.17, 15) is 4.79 Å². The normalized spacial score (nSPS) is 19.9. The standard InChI is InChI=1S/C11H18N4O/c1-8-9(7-14-15-8)6-13-11(16)5-10-3-2-4-12-10/h7,10,12H,2-6H2,1H3,(H,13,16)(H,14,15). The minimum Gasteiger partial charge on any atom is -0.352 e. The molecular formula is C11H18N4O. The number of nitrogens with one attached hydrogen (secondary N) is 3. The van der Waals surface area contributed by atoms with Crippen LogP contribution >= 0.6 is 0 Å². The molecule has 1 fully saturated rings. The third kappa shape index (κ3) is 2.82. The lowest BCUT2D eigenvalue weighted by atomic mass is 10.1. The van der Waals surface area contributed by atoms with Crippen LogP contribution in [0, 0.1) is 6.92 Å². The van der Waals surface area contributed by atoms with Gasteiger partial charge in [-0.15, -0.1) is 0 Å². The topological polar surface area (TPSA) is 69.8 Å². The summed E-state index contributed by atoms with van der Waals surface area (Å²) >= 11 is 0. The van der Waals surface area contributed by atoms with Crippen LogP contribution in [0.2, 0.25) is 0 Å². The zero-order valence-electron chi connectivity index (χ0n) is 9.55. The molecule has 1 saturated heterocycles. The monoisotopic (exact) mass is 222 g/mol. The summed E-state index contributed by atoms with van der Waals surface area (Å²) in [5, 5.41) is 13.0. The van der Waals surface area contributed by atoms with Crippen LogP contribution in [0.1, 0.15) is 30.5 Å². The Labute approximate surface area is 95.0 Å². The summed E-state index contributed by atoms with van der Waals surface area (Å²) in [6.07, 6.45) is 4.62. The van der Waals surface area contributed by atoms with Crippen molar-refractivity contribution in [1.29, 1.82) is 0 Å². The molecule has 16 heavy (non-hydrogen) atoms. The van der Waals surface area contributed by atoms with Crippen LogP contribution in [0.5, 0.6) is 0 Å². The highest BCUT2D eigenvalue weighted by molar-refractivity contribution is 5.76. The molecule has 0 aliphatic carbocycles. The van der Waals surface area contributed by atoms with Gasteiger partial charge in [-0.2, -0.15) is 5.10 Å². The Morgan fingerprint density at radius 1 is 1.69 bits per heavy atom. The number of hydrogen-bond donors (Lipinski definition) is 3. The van der Waals surface area contributed by atoms with Gasteiger partial charge in [0.1, 0.15) is 0 Å². The van der Waals surface area contributed by atoms with Crippen molar-refractivity contribution in [2.75, 3.05) is 6.54 Å². The number of aromatic amines is 1. The van der Waals surface area contributed by atoms with Crippen LogP contribution in [-0.4, -0.2) is 28.7 Å². The third-order valence-corrected chi connectivity index (χ3v) is 3.00. The summed E-state index contributed by atoms with van der Waals surface area (Å²) in [6, 6.07) is 0.366. The van der Waals surface area contributed by atoms with Crippen LogP contribution in [0.3, 0.4) is 0 Å². The van der Waals surface area contributed by atoms with E-state index in [2.05, 4.69) is 20.8 Å². The van der Waals surface area contributed by atoms with Crippen molar-refractivity contribution in [1.82, 2.24) is 20.8 Å². The summed E-state index contributed by atoms with van der Waals surface area (Å²) in [6.45, 7) is 3.56. The van der Waals surface area contributed by atoms with E-state index in [1.807, 2.05) is 6.92 Å². The highest BCUT2D eigenvalue weighted by Crippen LogP contribution is 2.08. The molecule has 1 aromatic heterocycles. The molecule has 5 nitrogen and oxygen atoms in total. The van der Waals surface area contributed by atoms with E-state index in [-0.39, 0.29) is 5.91 Å². The molecule has 0 saturated carbocycles. The second-order valence-electron chi connectivity index (χ2n) is 4.29. The Bertz CT molecular complexity index is 355. The fourth-order valence-electron chi connectivity index (χ4n) is 1.97. The van der Waals surface area contributed by atoms with Crippen LogP contribution in [0.25, 0.3) is 0 Å². The quantitative estimate of drug-likeness (QED) is 0.694. The van der Waals surface area contributed by atoms with Crippen molar-refractivity contribution in [2.45, 2.75) is 38.8 Å². The first-order chi connectivity index (χ1) is 7.75. The summed E-state index contributed by atoms with van der Waals surface area (Å²) in [7, 11) is 0. The molecule has 0 bridgehead atoms. The molecule has 2 heterocycles. The highest BCUT2D eigenvalue weighted by atomic mass is 16.1.